The van der Waals surface area contributed by atoms with Gasteiger partial charge in [0, 0.05) is 12.5 Å². The Morgan fingerprint density at radius 1 is 1.33 bits per heavy atom. The van der Waals surface area contributed by atoms with Crippen LogP contribution < -0.4 is 5.43 Å². The number of non-ortho nitro benzene ring substituents is 1. The van der Waals surface area contributed by atoms with E-state index in [1.54, 1.807) is 0 Å². The Morgan fingerprint density at radius 2 is 2.04 bits per heavy atom. The van der Waals surface area contributed by atoms with Gasteiger partial charge in [0.05, 0.1) is 36.3 Å². The molecule has 1 fully saturated rings. The Morgan fingerprint density at radius 3 is 2.59 bits per heavy atom. The molecule has 1 aromatic rings. The summed E-state index contributed by atoms with van der Waals surface area (Å²) in [6, 6.07) is 2.93. The number of rotatable bonds is 7. The number of hydrazone groups is 1. The number of amides is 1. The van der Waals surface area contributed by atoms with Gasteiger partial charge in [-0.2, -0.15) is 10.2 Å². The Hall–Kier alpha value is -3.61. The maximum absolute atomic E-state index is 12.2. The lowest BCUT2D eigenvalue weighted by Crippen LogP contribution is -2.53. The smallest absolute Gasteiger partial charge is 0.340 e. The molecule has 1 amide bonds. The third-order valence-electron chi connectivity index (χ3n) is 3.88. The van der Waals surface area contributed by atoms with E-state index in [4.69, 9.17) is 9.57 Å². The van der Waals surface area contributed by atoms with Crippen molar-refractivity contribution in [3.05, 3.63) is 38.4 Å². The summed E-state index contributed by atoms with van der Waals surface area (Å²) in [5.74, 6) is -1.27. The minimum Gasteiger partial charge on any atom is -0.467 e. The van der Waals surface area contributed by atoms with E-state index in [2.05, 4.69) is 10.5 Å². The molecule has 0 aromatic heterocycles. The minimum absolute atomic E-state index is 0.00659. The van der Waals surface area contributed by atoms with Crippen LogP contribution in [0.15, 0.2) is 23.3 Å². The van der Waals surface area contributed by atoms with E-state index in [1.165, 1.54) is 7.11 Å². The average Bonchev–Trinajstić information content (AvgIpc) is 2.97. The van der Waals surface area contributed by atoms with E-state index in [0.29, 0.717) is 0 Å². The zero-order chi connectivity index (χ0) is 20.2. The molecule has 144 valence electrons. The Bertz CT molecular complexity index is 826. The fourth-order valence-electron chi connectivity index (χ4n) is 2.61. The summed E-state index contributed by atoms with van der Waals surface area (Å²) in [6.45, 7) is 0. The Balaban J connectivity index is 2.34. The highest BCUT2D eigenvalue weighted by Crippen LogP contribution is 2.31. The maximum atomic E-state index is 12.2. The lowest BCUT2D eigenvalue weighted by Gasteiger charge is -2.29. The molecule has 0 bridgehead atoms. The number of methoxy groups -OCH3 is 1. The van der Waals surface area contributed by atoms with Crippen LogP contribution in [-0.4, -0.2) is 52.8 Å². The SMILES string of the molecule is COC(=O)C1(/C=N/Nc2ccc([N+](=O)[O-])cc2[N+](=O)[O-])CCC(=O)N1OC. The largest absolute Gasteiger partial charge is 0.467 e. The van der Waals surface area contributed by atoms with Crippen LogP contribution in [0.2, 0.25) is 0 Å². The third kappa shape index (κ3) is 3.67. The van der Waals surface area contributed by atoms with E-state index < -0.39 is 38.6 Å². The molecule has 13 heteroatoms. The van der Waals surface area contributed by atoms with Gasteiger partial charge in [0.2, 0.25) is 11.4 Å². The molecule has 1 aliphatic rings. The summed E-state index contributed by atoms with van der Waals surface area (Å²) in [6.07, 6.45) is 1.07. The number of anilines is 1. The van der Waals surface area contributed by atoms with Crippen LogP contribution >= 0.6 is 0 Å². The average molecular weight is 381 g/mol. The molecule has 0 aliphatic carbocycles. The molecule has 2 rings (SSSR count). The molecule has 13 nitrogen and oxygen atoms in total. The van der Waals surface area contributed by atoms with Crippen LogP contribution in [0.1, 0.15) is 12.8 Å². The number of carbonyl (C=O) groups excluding carboxylic acids is 2. The molecular weight excluding hydrogens is 366 g/mol. The van der Waals surface area contributed by atoms with Crippen LogP contribution in [0.3, 0.4) is 0 Å². The number of nitrogens with one attached hydrogen (secondary N) is 1. The van der Waals surface area contributed by atoms with Crippen molar-refractivity contribution < 1.29 is 29.0 Å². The maximum Gasteiger partial charge on any atom is 0.340 e. The number of nitro groups is 2. The molecule has 1 unspecified atom stereocenters. The van der Waals surface area contributed by atoms with Crippen molar-refractivity contribution in [1.82, 2.24) is 5.06 Å². The first-order chi connectivity index (χ1) is 12.8. The molecule has 0 spiro atoms. The Kier molecular flexibility index (Phi) is 5.65. The van der Waals surface area contributed by atoms with Crippen LogP contribution in [0.25, 0.3) is 0 Å². The van der Waals surface area contributed by atoms with Crippen molar-refractivity contribution in [2.45, 2.75) is 18.4 Å². The van der Waals surface area contributed by atoms with Crippen molar-refractivity contribution in [3.63, 3.8) is 0 Å². The zero-order valence-electron chi connectivity index (χ0n) is 14.3. The molecule has 1 aliphatic heterocycles. The molecule has 1 aromatic carbocycles. The van der Waals surface area contributed by atoms with Gasteiger partial charge in [-0.05, 0) is 12.5 Å². The standard InChI is InChI=1S/C14H15N5O8/c1-26-13(21)14(6-5-12(20)17(14)27-2)8-15-16-10-4-3-9(18(22)23)7-11(10)19(24)25/h3-4,7-8,16H,5-6H2,1-2H3/b15-8+. The van der Waals surface area contributed by atoms with Gasteiger partial charge in [-0.15, -0.1) is 0 Å². The quantitative estimate of drug-likeness (QED) is 0.313. The second kappa shape index (κ2) is 7.74. The normalized spacial score (nSPS) is 19.3. The first-order valence-electron chi connectivity index (χ1n) is 7.45. The topological polar surface area (TPSA) is 167 Å². The number of ether oxygens (including phenoxy) is 1. The third-order valence-corrected chi connectivity index (χ3v) is 3.88. The summed E-state index contributed by atoms with van der Waals surface area (Å²) in [4.78, 5) is 49.3. The number of nitro benzene ring substituents is 2. The second-order valence-corrected chi connectivity index (χ2v) is 5.37. The monoisotopic (exact) mass is 381 g/mol. The lowest BCUT2D eigenvalue weighted by molar-refractivity contribution is -0.393. The summed E-state index contributed by atoms with van der Waals surface area (Å²) in [5, 5.41) is 26.5. The second-order valence-electron chi connectivity index (χ2n) is 5.37. The molecular formula is C14H15N5O8. The van der Waals surface area contributed by atoms with Crippen molar-refractivity contribution >= 4 is 35.2 Å². The van der Waals surface area contributed by atoms with Gasteiger partial charge in [-0.25, -0.2) is 4.79 Å². The van der Waals surface area contributed by atoms with Crippen LogP contribution in [0, 0.1) is 20.2 Å². The fourth-order valence-corrected chi connectivity index (χ4v) is 2.61. The fraction of sp³-hybridized carbons (Fsp3) is 0.357. The number of hydrogen-bond acceptors (Lipinski definition) is 10. The number of nitrogens with zero attached hydrogens (tertiary/aromatic N) is 4. The first-order valence-corrected chi connectivity index (χ1v) is 7.45. The number of benzene rings is 1. The Labute approximate surface area is 151 Å². The first kappa shape index (κ1) is 19.7. The zero-order valence-corrected chi connectivity index (χ0v) is 14.3. The number of esters is 1. The van der Waals surface area contributed by atoms with Gasteiger partial charge in [-0.1, -0.05) is 0 Å². The molecule has 1 N–H and O–H groups in total. The van der Waals surface area contributed by atoms with Gasteiger partial charge in [-0.3, -0.25) is 35.3 Å². The van der Waals surface area contributed by atoms with Gasteiger partial charge in [0.25, 0.3) is 5.69 Å². The predicted octanol–water partition coefficient (Wildman–Crippen LogP) is 0.996. The van der Waals surface area contributed by atoms with Gasteiger partial charge in [0.1, 0.15) is 5.69 Å². The van der Waals surface area contributed by atoms with E-state index in [0.717, 1.165) is 36.6 Å². The summed E-state index contributed by atoms with van der Waals surface area (Å²) >= 11 is 0. The van der Waals surface area contributed by atoms with E-state index in [9.17, 15) is 29.8 Å². The highest BCUT2D eigenvalue weighted by molar-refractivity contribution is 6.05. The molecule has 1 atom stereocenters. The highest BCUT2D eigenvalue weighted by Gasteiger charge is 2.52. The van der Waals surface area contributed by atoms with Crippen molar-refractivity contribution in [2.24, 2.45) is 5.10 Å². The van der Waals surface area contributed by atoms with Crippen LogP contribution in [0.5, 0.6) is 0 Å². The molecule has 0 radical (unpaired) electrons. The lowest BCUT2D eigenvalue weighted by atomic mass is 9.99. The molecule has 1 heterocycles. The molecule has 0 saturated carbocycles. The van der Waals surface area contributed by atoms with Crippen molar-refractivity contribution in [1.29, 1.82) is 0 Å². The van der Waals surface area contributed by atoms with E-state index in [-0.39, 0.29) is 18.5 Å². The summed E-state index contributed by atoms with van der Waals surface area (Å²) in [7, 11) is 2.33. The number of hydrogen-bond donors (Lipinski definition) is 1. The number of hydroxylamine groups is 2. The van der Waals surface area contributed by atoms with Crippen LogP contribution in [-0.2, 0) is 19.2 Å². The van der Waals surface area contributed by atoms with Gasteiger partial charge < -0.3 is 4.74 Å². The van der Waals surface area contributed by atoms with E-state index in [1.807, 2.05) is 0 Å². The predicted molar refractivity (Wildman–Crippen MR) is 89.7 cm³/mol. The summed E-state index contributed by atoms with van der Waals surface area (Å²) in [5.41, 5.74) is -0.472. The van der Waals surface area contributed by atoms with Crippen molar-refractivity contribution in [3.8, 4) is 0 Å². The van der Waals surface area contributed by atoms with Gasteiger partial charge >= 0.3 is 11.7 Å². The minimum atomic E-state index is -1.64. The molecule has 27 heavy (non-hydrogen) atoms. The van der Waals surface area contributed by atoms with Crippen LogP contribution in [0.4, 0.5) is 17.1 Å². The van der Waals surface area contributed by atoms with Crippen molar-refractivity contribution in [2.75, 3.05) is 19.6 Å². The molecule has 1 saturated heterocycles. The van der Waals surface area contributed by atoms with E-state index >= 15 is 0 Å². The highest BCUT2D eigenvalue weighted by atomic mass is 16.7. The number of carbonyl (C=O) groups is 2. The van der Waals surface area contributed by atoms with Gasteiger partial charge in [0.15, 0.2) is 0 Å². The summed E-state index contributed by atoms with van der Waals surface area (Å²) < 4.78 is 4.71.